The number of anilines is 2. The van der Waals surface area contributed by atoms with Crippen LogP contribution in [0.2, 0.25) is 5.02 Å². The van der Waals surface area contributed by atoms with E-state index in [2.05, 4.69) is 21.2 Å². The quantitative estimate of drug-likeness (QED) is 0.631. The monoisotopic (exact) mass is 514 g/mol. The molecule has 0 saturated carbocycles. The lowest BCUT2D eigenvalue weighted by Crippen LogP contribution is -2.27. The molecule has 0 bridgehead atoms. The number of carbonyl (C=O) groups excluding carboxylic acids is 2. The van der Waals surface area contributed by atoms with Crippen LogP contribution in [0.1, 0.15) is 18.9 Å². The van der Waals surface area contributed by atoms with E-state index in [9.17, 15) is 18.0 Å². The van der Waals surface area contributed by atoms with Crippen LogP contribution in [0.15, 0.2) is 39.7 Å². The van der Waals surface area contributed by atoms with Crippen molar-refractivity contribution in [3.05, 3.63) is 45.4 Å². The molecule has 0 unspecified atom stereocenters. The number of carbonyl (C=O) groups is 2. The van der Waals surface area contributed by atoms with E-state index >= 15 is 0 Å². The van der Waals surface area contributed by atoms with Gasteiger partial charge in [0, 0.05) is 30.0 Å². The molecule has 1 N–H and O–H groups in total. The van der Waals surface area contributed by atoms with E-state index in [1.54, 1.807) is 12.1 Å². The maximum absolute atomic E-state index is 13.0. The zero-order valence-corrected chi connectivity index (χ0v) is 19.5. The Morgan fingerprint density at radius 2 is 2.00 bits per heavy atom. The van der Waals surface area contributed by atoms with Crippen LogP contribution in [0.4, 0.5) is 11.4 Å². The lowest BCUT2D eigenvalue weighted by atomic mass is 10.2. The second kappa shape index (κ2) is 8.95. The summed E-state index contributed by atoms with van der Waals surface area (Å²) in [4.78, 5) is 25.8. The van der Waals surface area contributed by atoms with Crippen molar-refractivity contribution >= 4 is 60.6 Å². The Hall–Kier alpha value is -2.10. The van der Waals surface area contributed by atoms with Crippen LogP contribution in [-0.2, 0) is 25.8 Å². The van der Waals surface area contributed by atoms with Gasteiger partial charge in [-0.1, -0.05) is 27.5 Å². The summed E-state index contributed by atoms with van der Waals surface area (Å²) < 4.78 is 31.7. The highest BCUT2D eigenvalue weighted by Gasteiger charge is 2.31. The number of nitrogens with zero attached hydrogens (tertiary/aromatic N) is 1. The third-order valence-electron chi connectivity index (χ3n) is 4.74. The summed E-state index contributed by atoms with van der Waals surface area (Å²) in [6, 6.07) is 8.05. The minimum atomic E-state index is -3.81. The Labute approximate surface area is 188 Å². The van der Waals surface area contributed by atoms with Crippen LogP contribution in [-0.4, -0.2) is 39.6 Å². The number of nitrogens with one attached hydrogen (secondary N) is 1. The average molecular weight is 516 g/mol. The largest absolute Gasteiger partial charge is 0.495 e. The third-order valence-corrected chi connectivity index (χ3v) is 7.22. The summed E-state index contributed by atoms with van der Waals surface area (Å²) >= 11 is 9.38. The molecule has 0 radical (unpaired) electrons. The van der Waals surface area contributed by atoms with Gasteiger partial charge >= 0.3 is 0 Å². The molecule has 2 aromatic rings. The molecular weight excluding hydrogens is 496 g/mol. The van der Waals surface area contributed by atoms with Gasteiger partial charge in [0.05, 0.1) is 28.5 Å². The summed E-state index contributed by atoms with van der Waals surface area (Å²) in [7, 11) is -2.33. The third kappa shape index (κ3) is 4.79. The van der Waals surface area contributed by atoms with Gasteiger partial charge < -0.3 is 15.0 Å². The summed E-state index contributed by atoms with van der Waals surface area (Å²) in [5.41, 5.74) is 1.64. The van der Waals surface area contributed by atoms with Crippen molar-refractivity contribution in [2.75, 3.05) is 29.6 Å². The molecule has 7 nitrogen and oxygen atoms in total. The number of amides is 2. The fourth-order valence-electron chi connectivity index (χ4n) is 3.33. The first kappa shape index (κ1) is 22.6. The van der Waals surface area contributed by atoms with Crippen molar-refractivity contribution in [3.8, 4) is 5.75 Å². The topological polar surface area (TPSA) is 92.8 Å². The van der Waals surface area contributed by atoms with Gasteiger partial charge in [0.15, 0.2) is 9.84 Å². The predicted molar refractivity (Wildman–Crippen MR) is 119 cm³/mol. The fourth-order valence-corrected chi connectivity index (χ4v) is 5.76. The Morgan fingerprint density at radius 3 is 2.63 bits per heavy atom. The molecule has 2 amide bonds. The zero-order chi connectivity index (χ0) is 22.1. The first-order valence-corrected chi connectivity index (χ1v) is 11.9. The summed E-state index contributed by atoms with van der Waals surface area (Å²) in [6.45, 7) is 1.84. The zero-order valence-electron chi connectivity index (χ0n) is 16.4. The molecule has 30 heavy (non-hydrogen) atoms. The normalized spacial score (nSPS) is 13.1. The number of methoxy groups -OCH3 is 1. The van der Waals surface area contributed by atoms with Gasteiger partial charge in [-0.25, -0.2) is 8.42 Å². The van der Waals surface area contributed by atoms with Crippen LogP contribution in [0, 0.1) is 0 Å². The maximum Gasteiger partial charge on any atom is 0.225 e. The van der Waals surface area contributed by atoms with Crippen molar-refractivity contribution in [2.24, 2.45) is 0 Å². The van der Waals surface area contributed by atoms with E-state index in [4.69, 9.17) is 16.3 Å². The van der Waals surface area contributed by atoms with Crippen LogP contribution in [0.5, 0.6) is 5.75 Å². The fraction of sp³-hybridized carbons (Fsp3) is 0.300. The molecule has 3 rings (SSSR count). The molecule has 0 atom stereocenters. The summed E-state index contributed by atoms with van der Waals surface area (Å²) in [6.07, 6.45) is 0.336. The number of hydrogen-bond acceptors (Lipinski definition) is 5. The van der Waals surface area contributed by atoms with Crippen molar-refractivity contribution < 1.29 is 22.7 Å². The number of fused-ring (bicyclic) bond motifs is 1. The van der Waals surface area contributed by atoms with E-state index in [0.717, 1.165) is 5.56 Å². The highest BCUT2D eigenvalue weighted by atomic mass is 79.9. The van der Waals surface area contributed by atoms with E-state index in [1.807, 2.05) is 6.07 Å². The van der Waals surface area contributed by atoms with Crippen LogP contribution >= 0.6 is 27.5 Å². The van der Waals surface area contributed by atoms with Gasteiger partial charge in [-0.15, -0.1) is 0 Å². The second-order valence-electron chi connectivity index (χ2n) is 6.80. The molecule has 1 heterocycles. The number of sulfone groups is 1. The minimum Gasteiger partial charge on any atom is -0.495 e. The lowest BCUT2D eigenvalue weighted by molar-refractivity contribution is -0.117. The van der Waals surface area contributed by atoms with E-state index in [-0.39, 0.29) is 17.2 Å². The molecule has 0 fully saturated rings. The molecule has 160 valence electrons. The Morgan fingerprint density at radius 1 is 1.27 bits per heavy atom. The molecule has 0 aromatic heterocycles. The van der Waals surface area contributed by atoms with Gasteiger partial charge in [-0.05, 0) is 42.3 Å². The number of ether oxygens (including phenoxy) is 1. The number of halogens is 2. The molecule has 1 aliphatic rings. The maximum atomic E-state index is 13.0. The van der Waals surface area contributed by atoms with Crippen LogP contribution in [0.3, 0.4) is 0 Å². The molecule has 0 saturated heterocycles. The van der Waals surface area contributed by atoms with E-state index in [0.29, 0.717) is 39.6 Å². The smallest absolute Gasteiger partial charge is 0.225 e. The van der Waals surface area contributed by atoms with E-state index in [1.165, 1.54) is 31.1 Å². The first-order valence-electron chi connectivity index (χ1n) is 9.09. The number of benzene rings is 2. The first-order chi connectivity index (χ1) is 14.1. The van der Waals surface area contributed by atoms with Gasteiger partial charge in [0.25, 0.3) is 0 Å². The Balaban J connectivity index is 1.77. The standard InChI is InChI=1S/C20H20BrClN2O5S/c1-12(25)24-7-5-13-9-14(21)10-18(20(13)24)30(27,28)8-6-19(26)23-15-3-4-17(29-2)16(22)11-15/h3-4,9-11H,5-8H2,1-2H3,(H,23,26). The molecule has 0 spiro atoms. The minimum absolute atomic E-state index is 0.0554. The predicted octanol–water partition coefficient (Wildman–Crippen LogP) is 3.82. The molecule has 1 aliphatic heterocycles. The number of hydrogen-bond donors (Lipinski definition) is 1. The number of rotatable bonds is 6. The lowest BCUT2D eigenvalue weighted by Gasteiger charge is -2.19. The molecule has 0 aliphatic carbocycles. The van der Waals surface area contributed by atoms with Gasteiger partial charge in [-0.3, -0.25) is 9.59 Å². The second-order valence-corrected chi connectivity index (χ2v) is 10.2. The van der Waals surface area contributed by atoms with Gasteiger partial charge in [-0.2, -0.15) is 0 Å². The highest BCUT2D eigenvalue weighted by molar-refractivity contribution is 9.10. The van der Waals surface area contributed by atoms with Crippen molar-refractivity contribution in [1.29, 1.82) is 0 Å². The Kier molecular flexibility index (Phi) is 6.74. The molecular formula is C20H20BrClN2O5S. The van der Waals surface area contributed by atoms with Crippen molar-refractivity contribution in [1.82, 2.24) is 0 Å². The summed E-state index contributed by atoms with van der Waals surface area (Å²) in [5, 5.41) is 2.96. The molecule has 2 aromatic carbocycles. The average Bonchev–Trinajstić information content (AvgIpc) is 3.10. The van der Waals surface area contributed by atoms with E-state index < -0.39 is 21.5 Å². The van der Waals surface area contributed by atoms with Gasteiger partial charge in [0.2, 0.25) is 11.8 Å². The van der Waals surface area contributed by atoms with Crippen LogP contribution in [0.25, 0.3) is 0 Å². The van der Waals surface area contributed by atoms with Crippen molar-refractivity contribution in [3.63, 3.8) is 0 Å². The SMILES string of the molecule is COc1ccc(NC(=O)CCS(=O)(=O)c2cc(Br)cc3c2N(C(C)=O)CC3)cc1Cl. The molecule has 10 heteroatoms. The summed E-state index contributed by atoms with van der Waals surface area (Å²) in [5.74, 6) is -0.607. The van der Waals surface area contributed by atoms with Crippen molar-refractivity contribution in [2.45, 2.75) is 24.7 Å². The highest BCUT2D eigenvalue weighted by Crippen LogP contribution is 2.38. The van der Waals surface area contributed by atoms with Gasteiger partial charge in [0.1, 0.15) is 5.75 Å². The van der Waals surface area contributed by atoms with Crippen LogP contribution < -0.4 is 15.0 Å². The Bertz CT molecular complexity index is 1120.